The summed E-state index contributed by atoms with van der Waals surface area (Å²) in [7, 11) is 1.97. The molecule has 0 saturated carbocycles. The smallest absolute Gasteiger partial charge is 0.0521 e. The third-order valence-electron chi connectivity index (χ3n) is 3.29. The zero-order chi connectivity index (χ0) is 13.1. The Morgan fingerprint density at radius 1 is 1.29 bits per heavy atom. The van der Waals surface area contributed by atoms with Gasteiger partial charge in [-0.15, -0.1) is 0 Å². The Morgan fingerprint density at radius 3 is 2.35 bits per heavy atom. The van der Waals surface area contributed by atoms with Gasteiger partial charge in [0.1, 0.15) is 0 Å². The average molecular weight is 237 g/mol. The number of nitrogens with zero attached hydrogens (tertiary/aromatic N) is 2. The molecular weight excluding hydrogens is 210 g/mol. The first-order valence-corrected chi connectivity index (χ1v) is 6.47. The summed E-state index contributed by atoms with van der Waals surface area (Å²) in [5.74, 6) is 0. The molecule has 17 heavy (non-hydrogen) atoms. The first-order chi connectivity index (χ1) is 7.74. The molecule has 0 aliphatic carbocycles. The van der Waals surface area contributed by atoms with Crippen molar-refractivity contribution in [3.63, 3.8) is 0 Å². The van der Waals surface area contributed by atoms with Crippen molar-refractivity contribution in [2.24, 2.45) is 12.5 Å². The summed E-state index contributed by atoms with van der Waals surface area (Å²) < 4.78 is 1.88. The van der Waals surface area contributed by atoms with Crippen molar-refractivity contribution in [2.75, 3.05) is 6.54 Å². The van der Waals surface area contributed by atoms with Gasteiger partial charge in [-0.25, -0.2) is 0 Å². The van der Waals surface area contributed by atoms with Gasteiger partial charge in [0, 0.05) is 25.3 Å². The number of aryl methyl sites for hydroxylation is 1. The molecular formula is C14H27N3. The third-order valence-corrected chi connectivity index (χ3v) is 3.29. The molecule has 1 unspecified atom stereocenters. The van der Waals surface area contributed by atoms with E-state index >= 15 is 0 Å². The highest BCUT2D eigenvalue weighted by molar-refractivity contribution is 5.07. The van der Waals surface area contributed by atoms with Crippen LogP contribution in [0.4, 0.5) is 0 Å². The summed E-state index contributed by atoms with van der Waals surface area (Å²) in [5.41, 5.74) is 1.81. The van der Waals surface area contributed by atoms with E-state index in [9.17, 15) is 0 Å². The molecule has 0 saturated heterocycles. The molecule has 0 aliphatic rings. The van der Waals surface area contributed by atoms with Gasteiger partial charge in [-0.1, -0.05) is 13.8 Å². The fourth-order valence-corrected chi connectivity index (χ4v) is 1.85. The Balaban J connectivity index is 2.62. The predicted octanol–water partition coefficient (Wildman–Crippen LogP) is 2.77. The molecule has 0 aromatic carbocycles. The van der Waals surface area contributed by atoms with Crippen LogP contribution < -0.4 is 5.32 Å². The van der Waals surface area contributed by atoms with Gasteiger partial charge in [0.15, 0.2) is 0 Å². The molecule has 0 spiro atoms. The minimum absolute atomic E-state index is 0.186. The molecule has 1 heterocycles. The molecule has 3 nitrogen and oxygen atoms in total. The van der Waals surface area contributed by atoms with Crippen LogP contribution in [0.1, 0.15) is 46.6 Å². The lowest BCUT2D eigenvalue weighted by Crippen LogP contribution is -2.43. The summed E-state index contributed by atoms with van der Waals surface area (Å²) in [6.45, 7) is 12.3. The van der Waals surface area contributed by atoms with Gasteiger partial charge >= 0.3 is 0 Å². The second-order valence-corrected chi connectivity index (χ2v) is 6.47. The largest absolute Gasteiger partial charge is 0.312 e. The minimum Gasteiger partial charge on any atom is -0.312 e. The molecule has 98 valence electrons. The first-order valence-electron chi connectivity index (χ1n) is 6.47. The van der Waals surface area contributed by atoms with E-state index in [1.54, 1.807) is 0 Å². The van der Waals surface area contributed by atoms with E-state index in [1.807, 2.05) is 17.9 Å². The number of rotatable bonds is 5. The van der Waals surface area contributed by atoms with Gasteiger partial charge < -0.3 is 5.32 Å². The molecule has 0 radical (unpaired) electrons. The molecule has 0 aliphatic heterocycles. The van der Waals surface area contributed by atoms with Crippen LogP contribution in [-0.2, 0) is 13.5 Å². The Hall–Kier alpha value is -0.830. The van der Waals surface area contributed by atoms with Crippen LogP contribution in [0.25, 0.3) is 0 Å². The average Bonchev–Trinajstić information content (AvgIpc) is 2.60. The van der Waals surface area contributed by atoms with E-state index in [-0.39, 0.29) is 5.54 Å². The van der Waals surface area contributed by atoms with Crippen molar-refractivity contribution < 1.29 is 0 Å². The SMILES string of the molecule is CCC(C)(CNC(C)(C)C)Cc1cnn(C)c1. The number of nitrogens with one attached hydrogen (secondary N) is 1. The second-order valence-electron chi connectivity index (χ2n) is 6.47. The van der Waals surface area contributed by atoms with Crippen LogP contribution in [0.2, 0.25) is 0 Å². The molecule has 1 aromatic heterocycles. The maximum Gasteiger partial charge on any atom is 0.0521 e. The summed E-state index contributed by atoms with van der Waals surface area (Å²) in [4.78, 5) is 0. The molecule has 1 rings (SSSR count). The maximum atomic E-state index is 4.24. The van der Waals surface area contributed by atoms with Crippen molar-refractivity contribution >= 4 is 0 Å². The van der Waals surface area contributed by atoms with Gasteiger partial charge in [-0.2, -0.15) is 5.10 Å². The first kappa shape index (κ1) is 14.2. The van der Waals surface area contributed by atoms with Crippen LogP contribution in [0.15, 0.2) is 12.4 Å². The number of hydrogen-bond donors (Lipinski definition) is 1. The third kappa shape index (κ3) is 4.90. The van der Waals surface area contributed by atoms with E-state index in [0.29, 0.717) is 5.41 Å². The maximum absolute atomic E-state index is 4.24. The lowest BCUT2D eigenvalue weighted by molar-refractivity contribution is 0.255. The van der Waals surface area contributed by atoms with Crippen LogP contribution in [0.5, 0.6) is 0 Å². The van der Waals surface area contributed by atoms with Crippen molar-refractivity contribution in [2.45, 2.75) is 53.0 Å². The summed E-state index contributed by atoms with van der Waals surface area (Å²) in [6, 6.07) is 0. The van der Waals surface area contributed by atoms with Crippen LogP contribution in [-0.4, -0.2) is 21.9 Å². The molecule has 1 aromatic rings. The number of aromatic nitrogens is 2. The van der Waals surface area contributed by atoms with Gasteiger partial charge in [0.05, 0.1) is 6.20 Å². The zero-order valence-corrected chi connectivity index (χ0v) is 12.2. The highest BCUT2D eigenvalue weighted by Crippen LogP contribution is 2.26. The van der Waals surface area contributed by atoms with Crippen molar-refractivity contribution in [1.82, 2.24) is 15.1 Å². The highest BCUT2D eigenvalue weighted by atomic mass is 15.2. The number of hydrogen-bond acceptors (Lipinski definition) is 2. The normalized spacial score (nSPS) is 15.9. The van der Waals surface area contributed by atoms with Crippen molar-refractivity contribution in [3.8, 4) is 0 Å². The Labute approximate surface area is 106 Å². The minimum atomic E-state index is 0.186. The van der Waals surface area contributed by atoms with Gasteiger partial charge in [0.25, 0.3) is 0 Å². The zero-order valence-electron chi connectivity index (χ0n) is 12.2. The predicted molar refractivity (Wildman–Crippen MR) is 73.1 cm³/mol. The topological polar surface area (TPSA) is 29.9 Å². The van der Waals surface area contributed by atoms with E-state index < -0.39 is 0 Å². The standard InChI is InChI=1S/C14H27N3/c1-7-14(5,11-15-13(2,3)4)8-12-9-16-17(6)10-12/h9-10,15H,7-8,11H2,1-6H3. The van der Waals surface area contributed by atoms with Crippen molar-refractivity contribution in [1.29, 1.82) is 0 Å². The Bertz CT molecular complexity index is 349. The summed E-state index contributed by atoms with van der Waals surface area (Å²) in [6.07, 6.45) is 6.35. The molecule has 0 bridgehead atoms. The Kier molecular flexibility index (Phi) is 4.36. The summed E-state index contributed by atoms with van der Waals surface area (Å²) >= 11 is 0. The quantitative estimate of drug-likeness (QED) is 0.853. The molecule has 1 N–H and O–H groups in total. The summed E-state index contributed by atoms with van der Waals surface area (Å²) in [5, 5.41) is 7.85. The monoisotopic (exact) mass is 237 g/mol. The fourth-order valence-electron chi connectivity index (χ4n) is 1.85. The van der Waals surface area contributed by atoms with Gasteiger partial charge in [0.2, 0.25) is 0 Å². The van der Waals surface area contributed by atoms with E-state index in [0.717, 1.165) is 13.0 Å². The van der Waals surface area contributed by atoms with Gasteiger partial charge in [-0.3, -0.25) is 4.68 Å². The van der Waals surface area contributed by atoms with Crippen molar-refractivity contribution in [3.05, 3.63) is 18.0 Å². The van der Waals surface area contributed by atoms with Crippen LogP contribution in [0.3, 0.4) is 0 Å². The van der Waals surface area contributed by atoms with E-state index in [4.69, 9.17) is 0 Å². The molecule has 3 heteroatoms. The van der Waals surface area contributed by atoms with Crippen LogP contribution in [0, 0.1) is 5.41 Å². The molecule has 0 amide bonds. The van der Waals surface area contributed by atoms with Crippen LogP contribution >= 0.6 is 0 Å². The lowest BCUT2D eigenvalue weighted by Gasteiger charge is -2.32. The molecule has 0 fully saturated rings. The van der Waals surface area contributed by atoms with E-state index in [2.05, 4.69) is 51.2 Å². The molecule has 1 atom stereocenters. The fraction of sp³-hybridized carbons (Fsp3) is 0.786. The lowest BCUT2D eigenvalue weighted by atomic mass is 9.81. The highest BCUT2D eigenvalue weighted by Gasteiger charge is 2.25. The van der Waals surface area contributed by atoms with E-state index in [1.165, 1.54) is 12.0 Å². The van der Waals surface area contributed by atoms with Gasteiger partial charge in [-0.05, 0) is 44.6 Å². The second kappa shape index (κ2) is 5.21. The Morgan fingerprint density at radius 2 is 1.94 bits per heavy atom.